The molecule has 7 nitrogen and oxygen atoms in total. The van der Waals surface area contributed by atoms with Crippen molar-refractivity contribution in [2.24, 2.45) is 0 Å². The number of amides is 3. The number of thioether (sulfide) groups is 1. The lowest BCUT2D eigenvalue weighted by Gasteiger charge is -2.35. The van der Waals surface area contributed by atoms with E-state index in [1.807, 2.05) is 37.4 Å². The van der Waals surface area contributed by atoms with Gasteiger partial charge >= 0.3 is 6.09 Å². The molecule has 40 heavy (non-hydrogen) atoms. The number of hydrogen-bond donors (Lipinski definition) is 2. The normalized spacial score (nSPS) is 13.7. The fraction of sp³-hybridized carbons (Fsp3) is 0.719. The molecule has 3 unspecified atom stereocenters. The van der Waals surface area contributed by atoms with Crippen LogP contribution >= 0.6 is 11.8 Å². The maximum atomic E-state index is 14.3. The van der Waals surface area contributed by atoms with Crippen molar-refractivity contribution in [2.75, 3.05) is 18.6 Å². The average molecular weight is 578 g/mol. The Labute approximate surface area is 248 Å². The maximum Gasteiger partial charge on any atom is 0.408 e. The molecular weight excluding hydrogens is 522 g/mol. The second-order valence-electron chi connectivity index (χ2n) is 11.6. The van der Waals surface area contributed by atoms with E-state index in [4.69, 9.17) is 4.74 Å². The molecule has 1 aromatic rings. The van der Waals surface area contributed by atoms with E-state index in [1.54, 1.807) is 37.4 Å². The zero-order valence-electron chi connectivity index (χ0n) is 26.3. The first-order chi connectivity index (χ1) is 19.0. The summed E-state index contributed by atoms with van der Waals surface area (Å²) in [7, 11) is 0. The molecular formula is C32H55N3O4S. The Kier molecular flexibility index (Phi) is 17.0. The lowest BCUT2D eigenvalue weighted by molar-refractivity contribution is -0.143. The predicted octanol–water partition coefficient (Wildman–Crippen LogP) is 7.04. The number of unbranched alkanes of at least 4 members (excludes halogenated alkanes) is 4. The van der Waals surface area contributed by atoms with Crippen LogP contribution in [0.25, 0.3) is 0 Å². The van der Waals surface area contributed by atoms with E-state index in [2.05, 4.69) is 31.4 Å². The first kappa shape index (κ1) is 35.8. The van der Waals surface area contributed by atoms with Crippen LogP contribution in [0.4, 0.5) is 4.79 Å². The number of alkyl carbamates (subject to hydrolysis) is 1. The fourth-order valence-corrected chi connectivity index (χ4v) is 5.10. The van der Waals surface area contributed by atoms with Crippen LogP contribution in [0.5, 0.6) is 0 Å². The number of aryl methyl sites for hydroxylation is 1. The van der Waals surface area contributed by atoms with Crippen molar-refractivity contribution < 1.29 is 19.1 Å². The Morgan fingerprint density at radius 2 is 1.57 bits per heavy atom. The van der Waals surface area contributed by atoms with Gasteiger partial charge in [0, 0.05) is 12.6 Å². The van der Waals surface area contributed by atoms with Crippen LogP contribution in [-0.2, 0) is 20.7 Å². The van der Waals surface area contributed by atoms with E-state index >= 15 is 0 Å². The topological polar surface area (TPSA) is 87.7 Å². The Bertz CT molecular complexity index is 885. The highest BCUT2D eigenvalue weighted by Crippen LogP contribution is 2.25. The van der Waals surface area contributed by atoms with Gasteiger partial charge < -0.3 is 20.3 Å². The highest BCUT2D eigenvalue weighted by atomic mass is 32.2. The standard InChI is InChI=1S/C32H55N3O4S/c1-9-12-13-14-15-22-35(30(37)27(21-23-40-8)34-31(38)39-32(5,6)7)28(29(36)33-24(4)16-10-2)26-19-17-25(11-3)18-20-26/h17-20,24,27-28H,9-16,21-23H2,1-8H3,(H,33,36)(H,34,38). The molecule has 0 aromatic heterocycles. The molecule has 0 fully saturated rings. The Balaban J connectivity index is 3.48. The summed E-state index contributed by atoms with van der Waals surface area (Å²) in [5, 5.41) is 5.99. The molecule has 0 heterocycles. The molecule has 0 spiro atoms. The van der Waals surface area contributed by atoms with Gasteiger partial charge in [-0.1, -0.05) is 77.1 Å². The second-order valence-corrected chi connectivity index (χ2v) is 12.6. The van der Waals surface area contributed by atoms with E-state index in [9.17, 15) is 14.4 Å². The van der Waals surface area contributed by atoms with Gasteiger partial charge in [-0.05, 0) is 76.5 Å². The van der Waals surface area contributed by atoms with Gasteiger partial charge in [0.15, 0.2) is 0 Å². The molecule has 0 aliphatic heterocycles. The minimum atomic E-state index is -0.795. The first-order valence-electron chi connectivity index (χ1n) is 15.1. The Hall–Kier alpha value is -2.22. The number of ether oxygens (including phenoxy) is 1. The predicted molar refractivity (Wildman–Crippen MR) is 168 cm³/mol. The third-order valence-electron chi connectivity index (χ3n) is 6.76. The smallest absolute Gasteiger partial charge is 0.408 e. The van der Waals surface area contributed by atoms with Crippen LogP contribution in [0.1, 0.15) is 117 Å². The van der Waals surface area contributed by atoms with Crippen molar-refractivity contribution in [3.63, 3.8) is 0 Å². The number of hydrogen-bond acceptors (Lipinski definition) is 5. The van der Waals surface area contributed by atoms with Gasteiger partial charge in [-0.25, -0.2) is 4.79 Å². The van der Waals surface area contributed by atoms with Crippen molar-refractivity contribution in [2.45, 2.75) is 130 Å². The summed E-state index contributed by atoms with van der Waals surface area (Å²) in [5.74, 6) is 0.248. The first-order valence-corrected chi connectivity index (χ1v) is 16.5. The molecule has 0 aliphatic rings. The zero-order valence-corrected chi connectivity index (χ0v) is 27.1. The monoisotopic (exact) mass is 577 g/mol. The van der Waals surface area contributed by atoms with Crippen LogP contribution in [0.15, 0.2) is 24.3 Å². The maximum absolute atomic E-state index is 14.3. The van der Waals surface area contributed by atoms with E-state index < -0.39 is 23.8 Å². The number of nitrogens with one attached hydrogen (secondary N) is 2. The molecule has 0 bridgehead atoms. The number of nitrogens with zero attached hydrogens (tertiary/aromatic N) is 1. The van der Waals surface area contributed by atoms with Crippen LogP contribution in [0.2, 0.25) is 0 Å². The summed E-state index contributed by atoms with van der Waals surface area (Å²) in [5.41, 5.74) is 1.26. The molecule has 2 N–H and O–H groups in total. The van der Waals surface area contributed by atoms with Crippen molar-refractivity contribution >= 4 is 29.7 Å². The van der Waals surface area contributed by atoms with Crippen LogP contribution in [0.3, 0.4) is 0 Å². The van der Waals surface area contributed by atoms with E-state index in [-0.39, 0.29) is 17.9 Å². The van der Waals surface area contributed by atoms with Gasteiger partial charge in [0.2, 0.25) is 11.8 Å². The van der Waals surface area contributed by atoms with Gasteiger partial charge in [0.25, 0.3) is 0 Å². The average Bonchev–Trinajstić information content (AvgIpc) is 2.89. The summed E-state index contributed by atoms with van der Waals surface area (Å²) < 4.78 is 5.49. The minimum absolute atomic E-state index is 0.0106. The summed E-state index contributed by atoms with van der Waals surface area (Å²) in [6, 6.07) is 6.38. The quantitative estimate of drug-likeness (QED) is 0.183. The Morgan fingerprint density at radius 1 is 0.925 bits per heavy atom. The van der Waals surface area contributed by atoms with E-state index in [0.29, 0.717) is 18.7 Å². The second kappa shape index (κ2) is 19.0. The number of carbonyl (C=O) groups excluding carboxylic acids is 3. The van der Waals surface area contributed by atoms with Gasteiger partial charge in [0.05, 0.1) is 0 Å². The molecule has 0 saturated heterocycles. The summed E-state index contributed by atoms with van der Waals surface area (Å²) >= 11 is 1.61. The lowest BCUT2D eigenvalue weighted by Crippen LogP contribution is -2.54. The molecule has 8 heteroatoms. The molecule has 0 radical (unpaired) electrons. The van der Waals surface area contributed by atoms with E-state index in [1.165, 1.54) is 5.56 Å². The third-order valence-corrected chi connectivity index (χ3v) is 7.40. The van der Waals surface area contributed by atoms with Gasteiger partial charge in [-0.15, -0.1) is 0 Å². The largest absolute Gasteiger partial charge is 0.444 e. The van der Waals surface area contributed by atoms with Gasteiger partial charge in [-0.2, -0.15) is 11.8 Å². The summed E-state index contributed by atoms with van der Waals surface area (Å²) in [4.78, 5) is 42.6. The fourth-order valence-electron chi connectivity index (χ4n) is 4.63. The van der Waals surface area contributed by atoms with Crippen molar-refractivity contribution in [3.05, 3.63) is 35.4 Å². The SMILES string of the molecule is CCCCCCCN(C(=O)C(CCSC)NC(=O)OC(C)(C)C)C(C(=O)NC(C)CCC)c1ccc(CC)cc1. The lowest BCUT2D eigenvalue weighted by atomic mass is 9.99. The van der Waals surface area contributed by atoms with Crippen LogP contribution < -0.4 is 10.6 Å². The van der Waals surface area contributed by atoms with Gasteiger partial charge in [0.1, 0.15) is 17.7 Å². The van der Waals surface area contributed by atoms with Crippen LogP contribution in [-0.4, -0.2) is 59.0 Å². The van der Waals surface area contributed by atoms with Gasteiger partial charge in [-0.3, -0.25) is 9.59 Å². The molecule has 0 aliphatic carbocycles. The number of carbonyl (C=O) groups is 3. The van der Waals surface area contributed by atoms with E-state index in [0.717, 1.165) is 56.9 Å². The third kappa shape index (κ3) is 13.4. The van der Waals surface area contributed by atoms with Crippen molar-refractivity contribution in [1.82, 2.24) is 15.5 Å². The minimum Gasteiger partial charge on any atom is -0.444 e. The highest BCUT2D eigenvalue weighted by Gasteiger charge is 2.36. The zero-order chi connectivity index (χ0) is 30.1. The molecule has 0 saturated carbocycles. The Morgan fingerprint density at radius 3 is 2.12 bits per heavy atom. The molecule has 1 aromatic carbocycles. The molecule has 3 amide bonds. The van der Waals surface area contributed by atoms with Crippen LogP contribution in [0, 0.1) is 0 Å². The number of benzene rings is 1. The van der Waals surface area contributed by atoms with Crippen molar-refractivity contribution in [1.29, 1.82) is 0 Å². The summed E-state index contributed by atoms with van der Waals surface area (Å²) in [6.07, 6.45) is 9.60. The highest BCUT2D eigenvalue weighted by molar-refractivity contribution is 7.98. The summed E-state index contributed by atoms with van der Waals surface area (Å²) in [6.45, 7) is 14.2. The van der Waals surface area contributed by atoms with Crippen molar-refractivity contribution in [3.8, 4) is 0 Å². The molecule has 1 rings (SSSR count). The molecule has 228 valence electrons. The number of rotatable bonds is 18. The molecule has 3 atom stereocenters.